The van der Waals surface area contributed by atoms with Gasteiger partial charge in [0.25, 0.3) is 0 Å². The Morgan fingerprint density at radius 1 is 1.38 bits per heavy atom. The third kappa shape index (κ3) is 5.12. The topological polar surface area (TPSA) is 34.8 Å². The van der Waals surface area contributed by atoms with E-state index in [9.17, 15) is 0 Å². The Morgan fingerprint density at radius 3 is 2.56 bits per heavy atom. The van der Waals surface area contributed by atoms with Crippen LogP contribution in [0.15, 0.2) is 18.7 Å². The first kappa shape index (κ1) is 15.7. The summed E-state index contributed by atoms with van der Waals surface area (Å²) in [4.78, 5) is 0. The number of hydrogen-bond donors (Lipinski definition) is 1. The fourth-order valence-corrected chi connectivity index (χ4v) is 1.76. The van der Waals surface area contributed by atoms with E-state index in [1.54, 1.807) is 0 Å². The van der Waals surface area contributed by atoms with Crippen molar-refractivity contribution in [2.75, 3.05) is 0 Å². The molecule has 1 rings (SSSR count). The lowest BCUT2D eigenvalue weighted by Gasteiger charge is -2.13. The molecule has 0 radical (unpaired) electrons. The fourth-order valence-electron chi connectivity index (χ4n) is 1.76. The van der Waals surface area contributed by atoms with Gasteiger partial charge in [-0.2, -0.15) is 0 Å². The van der Waals surface area contributed by atoms with Crippen LogP contribution in [0.2, 0.25) is 0 Å². The number of hydrogen-bond acceptors (Lipinski definition) is 1. The van der Waals surface area contributed by atoms with Crippen molar-refractivity contribution in [3.05, 3.63) is 18.7 Å². The Labute approximate surface area is 109 Å². The van der Waals surface area contributed by atoms with Crippen LogP contribution in [0.1, 0.15) is 33.6 Å². The van der Waals surface area contributed by atoms with E-state index in [0.29, 0.717) is 0 Å². The van der Waals surface area contributed by atoms with Crippen LogP contribution in [0.4, 0.5) is 0 Å². The number of aryl methyl sites for hydroxylation is 1. The minimum Gasteiger partial charge on any atom is -1.00 e. The molecule has 0 bridgehead atoms. The first-order chi connectivity index (χ1) is 7.15. The lowest BCUT2D eigenvalue weighted by molar-refractivity contribution is -0.693. The first-order valence-electron chi connectivity index (χ1n) is 5.96. The van der Waals surface area contributed by atoms with E-state index >= 15 is 0 Å². The number of nitrogens with two attached hydrogens (primary N) is 1. The summed E-state index contributed by atoms with van der Waals surface area (Å²) >= 11 is 0. The molecule has 1 heterocycles. The summed E-state index contributed by atoms with van der Waals surface area (Å²) in [6, 6.07) is 0.276. The van der Waals surface area contributed by atoms with Crippen molar-refractivity contribution >= 4 is 0 Å². The summed E-state index contributed by atoms with van der Waals surface area (Å²) in [7, 11) is 0. The number of rotatable bonds is 6. The minimum absolute atomic E-state index is 0. The maximum atomic E-state index is 6.10. The van der Waals surface area contributed by atoms with Crippen LogP contribution < -0.4 is 27.3 Å². The summed E-state index contributed by atoms with van der Waals surface area (Å²) in [5, 5.41) is 0. The highest BCUT2D eigenvalue weighted by molar-refractivity contribution is 4.72. The molecule has 2 atom stereocenters. The molecule has 0 amide bonds. The molecule has 0 fully saturated rings. The van der Waals surface area contributed by atoms with Gasteiger partial charge in [-0.25, -0.2) is 9.13 Å². The van der Waals surface area contributed by atoms with Gasteiger partial charge in [0, 0.05) is 6.04 Å². The van der Waals surface area contributed by atoms with Crippen LogP contribution in [-0.2, 0) is 13.1 Å². The minimum atomic E-state index is 0. The van der Waals surface area contributed by atoms with Crippen molar-refractivity contribution in [1.29, 1.82) is 0 Å². The summed E-state index contributed by atoms with van der Waals surface area (Å²) in [6.45, 7) is 8.58. The lowest BCUT2D eigenvalue weighted by Crippen LogP contribution is -3.00. The van der Waals surface area contributed by atoms with Crippen molar-refractivity contribution in [1.82, 2.24) is 4.57 Å². The van der Waals surface area contributed by atoms with Gasteiger partial charge in [0.05, 0.1) is 6.54 Å². The normalized spacial score (nSPS) is 14.2. The number of aromatic nitrogens is 2. The van der Waals surface area contributed by atoms with E-state index in [-0.39, 0.29) is 23.0 Å². The van der Waals surface area contributed by atoms with E-state index < -0.39 is 0 Å². The summed E-state index contributed by atoms with van der Waals surface area (Å²) < 4.78 is 4.34. The third-order valence-electron chi connectivity index (χ3n) is 2.96. The predicted octanol–water partition coefficient (Wildman–Crippen LogP) is -1.44. The molecule has 0 aliphatic rings. The van der Waals surface area contributed by atoms with Crippen molar-refractivity contribution in [2.24, 2.45) is 11.7 Å². The molecule has 1 aromatic heterocycles. The lowest BCUT2D eigenvalue weighted by atomic mass is 10.00. The summed E-state index contributed by atoms with van der Waals surface area (Å²) in [6.07, 6.45) is 8.64. The van der Waals surface area contributed by atoms with Crippen molar-refractivity contribution in [3.8, 4) is 0 Å². The number of imidazole rings is 1. The van der Waals surface area contributed by atoms with Crippen LogP contribution in [0.25, 0.3) is 0 Å². The molecule has 1 unspecified atom stereocenters. The zero-order chi connectivity index (χ0) is 11.3. The van der Waals surface area contributed by atoms with E-state index in [1.807, 2.05) is 0 Å². The molecule has 2 N–H and O–H groups in total. The van der Waals surface area contributed by atoms with Gasteiger partial charge in [0.2, 0.25) is 6.33 Å². The molecule has 1 aromatic rings. The Hall–Kier alpha value is -0.350. The van der Waals surface area contributed by atoms with Gasteiger partial charge >= 0.3 is 0 Å². The molecular formula is C12H24BrN3. The molecule has 0 aromatic carbocycles. The maximum absolute atomic E-state index is 6.10. The second-order valence-electron chi connectivity index (χ2n) is 4.45. The second kappa shape index (κ2) is 7.85. The maximum Gasteiger partial charge on any atom is 0.243 e. The molecule has 0 saturated carbocycles. The average Bonchev–Trinajstić information content (AvgIpc) is 2.65. The smallest absolute Gasteiger partial charge is 0.243 e. The van der Waals surface area contributed by atoms with Crippen LogP contribution in [0.3, 0.4) is 0 Å². The monoisotopic (exact) mass is 289 g/mol. The molecule has 3 nitrogen and oxygen atoms in total. The van der Waals surface area contributed by atoms with Crippen molar-refractivity contribution in [2.45, 2.75) is 52.7 Å². The molecule has 0 saturated heterocycles. The van der Waals surface area contributed by atoms with Crippen LogP contribution in [0, 0.1) is 5.92 Å². The van der Waals surface area contributed by atoms with Gasteiger partial charge in [-0.05, 0) is 19.3 Å². The van der Waals surface area contributed by atoms with Crippen LogP contribution in [-0.4, -0.2) is 10.6 Å². The standard InChI is InChI=1S/C12H24N3.BrH/c1-4-11(3)8-12(13)9-15-7-6-14(5-2)10-15;/h6-7,10-12H,4-5,8-9,13H2,1-3H3;1H/q+1;/p-1/t11?,12-;/m0./s1. The molecule has 0 aliphatic carbocycles. The highest BCUT2D eigenvalue weighted by atomic mass is 79.9. The summed E-state index contributed by atoms with van der Waals surface area (Å²) in [5.41, 5.74) is 6.10. The number of nitrogens with zero attached hydrogens (tertiary/aromatic N) is 2. The quantitative estimate of drug-likeness (QED) is 0.640. The molecule has 4 heteroatoms. The largest absolute Gasteiger partial charge is 1.00 e. The van der Waals surface area contributed by atoms with E-state index in [4.69, 9.17) is 5.73 Å². The fraction of sp³-hybridized carbons (Fsp3) is 0.750. The third-order valence-corrected chi connectivity index (χ3v) is 2.96. The average molecular weight is 290 g/mol. The van der Waals surface area contributed by atoms with Gasteiger partial charge < -0.3 is 22.7 Å². The van der Waals surface area contributed by atoms with Crippen LogP contribution >= 0.6 is 0 Å². The molecule has 16 heavy (non-hydrogen) atoms. The van der Waals surface area contributed by atoms with Crippen LogP contribution in [0.5, 0.6) is 0 Å². The van der Waals surface area contributed by atoms with Gasteiger partial charge in [-0.15, -0.1) is 0 Å². The SMILES string of the molecule is CCC(C)C[C@H](N)Cn1cc[n+](CC)c1.[Br-]. The Kier molecular flexibility index (Phi) is 7.68. The second-order valence-corrected chi connectivity index (χ2v) is 4.45. The predicted molar refractivity (Wildman–Crippen MR) is 62.3 cm³/mol. The molecule has 0 aliphatic heterocycles. The summed E-state index contributed by atoms with van der Waals surface area (Å²) in [5.74, 6) is 0.730. The van der Waals surface area contributed by atoms with Gasteiger partial charge in [-0.3, -0.25) is 0 Å². The van der Waals surface area contributed by atoms with Gasteiger partial charge in [0.15, 0.2) is 0 Å². The molecule has 0 spiro atoms. The Morgan fingerprint density at radius 2 is 2.06 bits per heavy atom. The Bertz CT molecular complexity index is 286. The van der Waals surface area contributed by atoms with Gasteiger partial charge in [0.1, 0.15) is 18.9 Å². The highest BCUT2D eigenvalue weighted by Gasteiger charge is 2.11. The van der Waals surface area contributed by atoms with E-state index in [1.165, 1.54) is 6.42 Å². The van der Waals surface area contributed by atoms with Gasteiger partial charge in [-0.1, -0.05) is 20.3 Å². The number of halogens is 1. The van der Waals surface area contributed by atoms with Crippen molar-refractivity contribution < 1.29 is 21.5 Å². The molecule has 94 valence electrons. The Balaban J connectivity index is 0.00000225. The zero-order valence-electron chi connectivity index (χ0n) is 10.6. The van der Waals surface area contributed by atoms with E-state index in [0.717, 1.165) is 25.4 Å². The highest BCUT2D eigenvalue weighted by Crippen LogP contribution is 2.09. The zero-order valence-corrected chi connectivity index (χ0v) is 12.2. The first-order valence-corrected chi connectivity index (χ1v) is 5.96. The van der Waals surface area contributed by atoms with E-state index in [2.05, 4.69) is 48.6 Å². The van der Waals surface area contributed by atoms with Crippen molar-refractivity contribution in [3.63, 3.8) is 0 Å². The molecular weight excluding hydrogens is 266 g/mol.